The summed E-state index contributed by atoms with van der Waals surface area (Å²) in [6.45, 7) is 0. The summed E-state index contributed by atoms with van der Waals surface area (Å²) in [5, 5.41) is 0. The van der Waals surface area contributed by atoms with Gasteiger partial charge in [-0.05, 0) is 12.1 Å². The van der Waals surface area contributed by atoms with Gasteiger partial charge in [0, 0.05) is 5.56 Å². The second-order valence-electron chi connectivity index (χ2n) is 2.08. The van der Waals surface area contributed by atoms with E-state index in [-0.39, 0.29) is 0 Å². The van der Waals surface area contributed by atoms with E-state index in [0.29, 0.717) is 11.3 Å². The molecule has 1 aromatic rings. The normalized spacial score (nSPS) is 11.5. The largest absolute Gasteiger partial charge is 0.301 e. The minimum atomic E-state index is -1.42. The highest BCUT2D eigenvalue weighted by Gasteiger charge is 2.22. The van der Waals surface area contributed by atoms with Crippen LogP contribution in [-0.2, 0) is 3.79 Å². The quantitative estimate of drug-likeness (QED) is 0.585. The van der Waals surface area contributed by atoms with Crippen LogP contribution < -0.4 is 5.73 Å². The van der Waals surface area contributed by atoms with E-state index in [9.17, 15) is 0 Å². The van der Waals surface area contributed by atoms with E-state index in [1.54, 1.807) is 18.2 Å². The first-order valence-corrected chi connectivity index (χ1v) is 4.02. The fourth-order valence-electron chi connectivity index (χ4n) is 0.696. The Morgan fingerprint density at radius 1 is 1.18 bits per heavy atom. The van der Waals surface area contributed by atoms with E-state index in [0.717, 1.165) is 0 Å². The Balaban J connectivity index is 3.06. The maximum Gasteiger partial charge on any atom is 0.216 e. The molecule has 1 aromatic carbocycles. The molecule has 1 N–H and O–H groups in total. The lowest BCUT2D eigenvalue weighted by Gasteiger charge is -2.10. The van der Waals surface area contributed by atoms with E-state index in [1.807, 2.05) is 0 Å². The molecule has 0 aliphatic carbocycles. The zero-order valence-corrected chi connectivity index (χ0v) is 7.71. The third kappa shape index (κ3) is 2.44. The van der Waals surface area contributed by atoms with Crippen molar-refractivity contribution in [1.82, 2.24) is 5.73 Å². The topological polar surface area (TPSA) is 23.8 Å². The molecule has 1 radical (unpaired) electrons. The Bertz CT molecular complexity index is 254. The van der Waals surface area contributed by atoms with E-state index >= 15 is 0 Å². The van der Waals surface area contributed by atoms with Crippen molar-refractivity contribution >= 4 is 40.5 Å². The summed E-state index contributed by atoms with van der Waals surface area (Å²) >= 11 is 16.7. The summed E-state index contributed by atoms with van der Waals surface area (Å²) < 4.78 is -1.42. The summed E-state index contributed by atoms with van der Waals surface area (Å²) in [5.41, 5.74) is 8.10. The fourth-order valence-corrected chi connectivity index (χ4v) is 1.05. The molecule has 0 amide bonds. The molecule has 0 atom stereocenters. The Labute approximate surface area is 80.0 Å². The number of nitrogens with one attached hydrogen (secondary N) is 1. The standard InChI is InChI=1S/C7H5Cl3N/c8-7(9,10)5-2-1-3-6(11)4-5/h1-4,11H. The highest BCUT2D eigenvalue weighted by Crippen LogP contribution is 2.38. The molecular weight excluding hydrogens is 204 g/mol. The van der Waals surface area contributed by atoms with Crippen LogP contribution in [0.4, 0.5) is 5.69 Å². The van der Waals surface area contributed by atoms with Crippen LogP contribution in [0.15, 0.2) is 24.3 Å². The van der Waals surface area contributed by atoms with E-state index in [4.69, 9.17) is 40.5 Å². The molecule has 1 rings (SSSR count). The maximum atomic E-state index is 7.24. The summed E-state index contributed by atoms with van der Waals surface area (Å²) in [4.78, 5) is 0. The van der Waals surface area contributed by atoms with Crippen LogP contribution >= 0.6 is 34.8 Å². The van der Waals surface area contributed by atoms with Crippen LogP contribution in [-0.4, -0.2) is 0 Å². The van der Waals surface area contributed by atoms with Gasteiger partial charge in [-0.25, -0.2) is 0 Å². The molecule has 0 heterocycles. The first kappa shape index (κ1) is 8.98. The molecule has 0 fully saturated rings. The zero-order chi connectivity index (χ0) is 8.48. The highest BCUT2D eigenvalue weighted by molar-refractivity contribution is 6.66. The van der Waals surface area contributed by atoms with Crippen molar-refractivity contribution < 1.29 is 0 Å². The second kappa shape index (κ2) is 3.10. The van der Waals surface area contributed by atoms with Crippen molar-refractivity contribution in [2.45, 2.75) is 3.79 Å². The number of hydrogen-bond acceptors (Lipinski definition) is 0. The van der Waals surface area contributed by atoms with Gasteiger partial charge in [-0.2, -0.15) is 0 Å². The van der Waals surface area contributed by atoms with Gasteiger partial charge in [0.05, 0.1) is 5.69 Å². The molecule has 0 aliphatic rings. The smallest absolute Gasteiger partial charge is 0.216 e. The molecule has 0 aliphatic heterocycles. The summed E-state index contributed by atoms with van der Waals surface area (Å²) in [6.07, 6.45) is 0. The Morgan fingerprint density at radius 2 is 1.82 bits per heavy atom. The predicted octanol–water partition coefficient (Wildman–Crippen LogP) is 3.43. The Hall–Kier alpha value is -0.110. The Morgan fingerprint density at radius 3 is 2.18 bits per heavy atom. The molecule has 59 valence electrons. The summed E-state index contributed by atoms with van der Waals surface area (Å²) in [5.74, 6) is 0. The zero-order valence-electron chi connectivity index (χ0n) is 5.44. The lowest BCUT2D eigenvalue weighted by molar-refractivity contribution is 1.23. The van der Waals surface area contributed by atoms with Crippen LogP contribution in [0.5, 0.6) is 0 Å². The molecular formula is C7H5Cl3N. The van der Waals surface area contributed by atoms with Crippen molar-refractivity contribution in [2.75, 3.05) is 0 Å². The molecule has 0 saturated heterocycles. The first-order chi connectivity index (χ1) is 5.00. The molecule has 0 unspecified atom stereocenters. The van der Waals surface area contributed by atoms with Crippen molar-refractivity contribution in [1.29, 1.82) is 0 Å². The van der Waals surface area contributed by atoms with Gasteiger partial charge in [0.25, 0.3) is 0 Å². The monoisotopic (exact) mass is 208 g/mol. The van der Waals surface area contributed by atoms with Gasteiger partial charge < -0.3 is 5.73 Å². The van der Waals surface area contributed by atoms with E-state index in [1.165, 1.54) is 6.07 Å². The van der Waals surface area contributed by atoms with Gasteiger partial charge in [0.15, 0.2) is 0 Å². The van der Waals surface area contributed by atoms with Gasteiger partial charge in [-0.3, -0.25) is 0 Å². The van der Waals surface area contributed by atoms with Gasteiger partial charge >= 0.3 is 0 Å². The minimum Gasteiger partial charge on any atom is -0.301 e. The third-order valence-corrected chi connectivity index (χ3v) is 1.84. The van der Waals surface area contributed by atoms with Crippen molar-refractivity contribution in [3.63, 3.8) is 0 Å². The molecule has 11 heavy (non-hydrogen) atoms. The van der Waals surface area contributed by atoms with Crippen molar-refractivity contribution in [3.05, 3.63) is 29.8 Å². The van der Waals surface area contributed by atoms with Crippen LogP contribution in [0, 0.1) is 0 Å². The SMILES string of the molecule is [NH]c1cccc(C(Cl)(Cl)Cl)c1. The van der Waals surface area contributed by atoms with Gasteiger partial charge in [-0.15, -0.1) is 0 Å². The molecule has 0 bridgehead atoms. The van der Waals surface area contributed by atoms with E-state index in [2.05, 4.69) is 0 Å². The lowest BCUT2D eigenvalue weighted by Crippen LogP contribution is -1.98. The number of halogens is 3. The first-order valence-electron chi connectivity index (χ1n) is 2.89. The number of hydrogen-bond donors (Lipinski definition) is 0. The van der Waals surface area contributed by atoms with Crippen LogP contribution in [0.25, 0.3) is 0 Å². The third-order valence-electron chi connectivity index (χ3n) is 1.19. The Kier molecular flexibility index (Phi) is 2.53. The summed E-state index contributed by atoms with van der Waals surface area (Å²) in [6, 6.07) is 6.50. The van der Waals surface area contributed by atoms with Crippen LogP contribution in [0.2, 0.25) is 0 Å². The van der Waals surface area contributed by atoms with Gasteiger partial charge in [0.1, 0.15) is 0 Å². The molecule has 1 nitrogen and oxygen atoms in total. The average molecular weight is 209 g/mol. The average Bonchev–Trinajstić information content (AvgIpc) is 1.86. The highest BCUT2D eigenvalue weighted by atomic mass is 35.6. The molecule has 4 heteroatoms. The molecule has 0 spiro atoms. The maximum absolute atomic E-state index is 7.24. The number of rotatable bonds is 0. The van der Waals surface area contributed by atoms with Crippen LogP contribution in [0.3, 0.4) is 0 Å². The van der Waals surface area contributed by atoms with Crippen molar-refractivity contribution in [3.8, 4) is 0 Å². The molecule has 0 saturated carbocycles. The molecule has 0 aromatic heterocycles. The summed E-state index contributed by atoms with van der Waals surface area (Å²) in [7, 11) is 0. The van der Waals surface area contributed by atoms with Gasteiger partial charge in [-0.1, -0.05) is 46.9 Å². The minimum absolute atomic E-state index is 0.342. The van der Waals surface area contributed by atoms with Crippen LogP contribution in [0.1, 0.15) is 5.56 Å². The second-order valence-corrected chi connectivity index (χ2v) is 4.36. The number of alkyl halides is 3. The fraction of sp³-hybridized carbons (Fsp3) is 0.143. The van der Waals surface area contributed by atoms with Crippen molar-refractivity contribution in [2.24, 2.45) is 0 Å². The van der Waals surface area contributed by atoms with E-state index < -0.39 is 3.79 Å². The number of benzene rings is 1. The van der Waals surface area contributed by atoms with Gasteiger partial charge in [0.2, 0.25) is 3.79 Å². The lowest BCUT2D eigenvalue weighted by atomic mass is 10.2. The predicted molar refractivity (Wildman–Crippen MR) is 48.4 cm³/mol.